The van der Waals surface area contributed by atoms with Crippen molar-refractivity contribution in [1.29, 1.82) is 0 Å². The van der Waals surface area contributed by atoms with Crippen LogP contribution in [0, 0.1) is 5.92 Å². The van der Waals surface area contributed by atoms with Crippen LogP contribution in [0.3, 0.4) is 0 Å². The lowest BCUT2D eigenvalue weighted by atomic mass is 10.0. The molecule has 6 heteroatoms. The molecule has 0 saturated carbocycles. The molecule has 0 bridgehead atoms. The number of hydrogen-bond donors (Lipinski definition) is 3. The average molecular weight is 301 g/mol. The van der Waals surface area contributed by atoms with Crippen LogP contribution < -0.4 is 10.6 Å². The molecule has 1 unspecified atom stereocenters. The molecule has 0 aliphatic heterocycles. The summed E-state index contributed by atoms with van der Waals surface area (Å²) < 4.78 is 0. The van der Waals surface area contributed by atoms with Crippen molar-refractivity contribution in [3.8, 4) is 0 Å². The summed E-state index contributed by atoms with van der Waals surface area (Å²) in [4.78, 5) is 8.52. The van der Waals surface area contributed by atoms with Gasteiger partial charge in [0.1, 0.15) is 10.8 Å². The average Bonchev–Trinajstić information content (AvgIpc) is 2.45. The molecule has 0 aliphatic carbocycles. The SMILES string of the molecule is CCCNc1ncc(Cl)c(NCC(CCC)CCO)n1. The summed E-state index contributed by atoms with van der Waals surface area (Å²) in [6, 6.07) is 0. The first kappa shape index (κ1) is 17.0. The summed E-state index contributed by atoms with van der Waals surface area (Å²) in [5.41, 5.74) is 0. The van der Waals surface area contributed by atoms with E-state index in [9.17, 15) is 0 Å². The Morgan fingerprint density at radius 1 is 1.25 bits per heavy atom. The third kappa shape index (κ3) is 5.92. The smallest absolute Gasteiger partial charge is 0.224 e. The fourth-order valence-corrected chi connectivity index (χ4v) is 2.15. The summed E-state index contributed by atoms with van der Waals surface area (Å²) in [6.07, 6.45) is 5.61. The van der Waals surface area contributed by atoms with E-state index in [0.717, 1.165) is 38.8 Å². The lowest BCUT2D eigenvalue weighted by molar-refractivity contribution is 0.255. The first-order valence-electron chi connectivity index (χ1n) is 7.32. The molecule has 114 valence electrons. The lowest BCUT2D eigenvalue weighted by Crippen LogP contribution is -2.17. The molecule has 20 heavy (non-hydrogen) atoms. The quantitative estimate of drug-likeness (QED) is 0.619. The number of nitrogens with zero attached hydrogens (tertiary/aromatic N) is 2. The zero-order valence-corrected chi connectivity index (χ0v) is 13.1. The maximum absolute atomic E-state index is 9.07. The van der Waals surface area contributed by atoms with Crippen LogP contribution in [0.4, 0.5) is 11.8 Å². The van der Waals surface area contributed by atoms with E-state index in [1.807, 2.05) is 0 Å². The highest BCUT2D eigenvalue weighted by Crippen LogP contribution is 2.21. The first-order chi connectivity index (χ1) is 9.71. The van der Waals surface area contributed by atoms with Crippen molar-refractivity contribution in [1.82, 2.24) is 9.97 Å². The van der Waals surface area contributed by atoms with E-state index in [1.54, 1.807) is 6.20 Å². The minimum Gasteiger partial charge on any atom is -0.396 e. The van der Waals surface area contributed by atoms with Crippen LogP contribution in [0.2, 0.25) is 5.02 Å². The van der Waals surface area contributed by atoms with Crippen LogP contribution in [-0.4, -0.2) is 34.8 Å². The molecule has 1 aromatic heterocycles. The maximum atomic E-state index is 9.07. The maximum Gasteiger partial charge on any atom is 0.224 e. The lowest BCUT2D eigenvalue weighted by Gasteiger charge is -2.17. The molecule has 3 N–H and O–H groups in total. The Morgan fingerprint density at radius 2 is 2.05 bits per heavy atom. The molecule has 5 nitrogen and oxygen atoms in total. The molecule has 0 fully saturated rings. The van der Waals surface area contributed by atoms with Gasteiger partial charge < -0.3 is 15.7 Å². The highest BCUT2D eigenvalue weighted by molar-refractivity contribution is 6.32. The van der Waals surface area contributed by atoms with Crippen LogP contribution in [0.5, 0.6) is 0 Å². The second kappa shape index (κ2) is 9.77. The summed E-state index contributed by atoms with van der Waals surface area (Å²) in [5, 5.41) is 16.0. The van der Waals surface area contributed by atoms with Crippen molar-refractivity contribution >= 4 is 23.4 Å². The summed E-state index contributed by atoms with van der Waals surface area (Å²) in [5.74, 6) is 1.68. The van der Waals surface area contributed by atoms with Crippen LogP contribution in [0.1, 0.15) is 39.5 Å². The van der Waals surface area contributed by atoms with Gasteiger partial charge in [-0.2, -0.15) is 4.98 Å². The Kier molecular flexibility index (Phi) is 8.30. The van der Waals surface area contributed by atoms with E-state index in [2.05, 4.69) is 34.4 Å². The first-order valence-corrected chi connectivity index (χ1v) is 7.70. The third-order valence-corrected chi connectivity index (χ3v) is 3.35. The van der Waals surface area contributed by atoms with Crippen LogP contribution in [0.25, 0.3) is 0 Å². The predicted octanol–water partition coefficient (Wildman–Crippen LogP) is 3.16. The van der Waals surface area contributed by atoms with Crippen molar-refractivity contribution < 1.29 is 5.11 Å². The van der Waals surface area contributed by atoms with Crippen LogP contribution in [0.15, 0.2) is 6.20 Å². The van der Waals surface area contributed by atoms with Gasteiger partial charge in [0.15, 0.2) is 0 Å². The molecule has 0 amide bonds. The summed E-state index contributed by atoms with van der Waals surface area (Å²) in [6.45, 7) is 6.05. The van der Waals surface area contributed by atoms with E-state index in [0.29, 0.717) is 22.7 Å². The molecular weight excluding hydrogens is 276 g/mol. The molecule has 1 aromatic rings. The fraction of sp³-hybridized carbons (Fsp3) is 0.714. The van der Waals surface area contributed by atoms with Gasteiger partial charge >= 0.3 is 0 Å². The number of nitrogens with one attached hydrogen (secondary N) is 2. The monoisotopic (exact) mass is 300 g/mol. The second-order valence-electron chi connectivity index (χ2n) is 4.86. The van der Waals surface area contributed by atoms with Crippen molar-refractivity contribution in [3.05, 3.63) is 11.2 Å². The number of rotatable bonds is 10. The topological polar surface area (TPSA) is 70.1 Å². The van der Waals surface area contributed by atoms with Gasteiger partial charge in [-0.1, -0.05) is 31.9 Å². The Bertz CT molecular complexity index is 383. The number of hydrogen-bond acceptors (Lipinski definition) is 5. The summed E-state index contributed by atoms with van der Waals surface area (Å²) in [7, 11) is 0. The predicted molar refractivity (Wildman–Crippen MR) is 84.4 cm³/mol. The molecular formula is C14H25ClN4O. The second-order valence-corrected chi connectivity index (χ2v) is 5.27. The van der Waals surface area contributed by atoms with Gasteiger partial charge in [-0.15, -0.1) is 0 Å². The Labute approximate surface area is 126 Å². The fourth-order valence-electron chi connectivity index (χ4n) is 1.99. The Morgan fingerprint density at radius 3 is 2.70 bits per heavy atom. The minimum atomic E-state index is 0.215. The van der Waals surface area contributed by atoms with Crippen LogP contribution >= 0.6 is 11.6 Å². The number of anilines is 2. The van der Waals surface area contributed by atoms with E-state index in [1.165, 1.54) is 0 Å². The standard InChI is InChI=1S/C14H25ClN4O/c1-3-5-11(6-8-20)9-17-13-12(15)10-18-14(19-13)16-7-4-2/h10-11,20H,3-9H2,1-2H3,(H2,16,17,18,19). The molecule has 1 rings (SSSR count). The minimum absolute atomic E-state index is 0.215. The van der Waals surface area contributed by atoms with E-state index >= 15 is 0 Å². The van der Waals surface area contributed by atoms with Crippen molar-refractivity contribution in [3.63, 3.8) is 0 Å². The van der Waals surface area contributed by atoms with Gasteiger partial charge in [0.25, 0.3) is 0 Å². The molecule has 0 saturated heterocycles. The van der Waals surface area contributed by atoms with Gasteiger partial charge in [-0.05, 0) is 25.2 Å². The number of aromatic nitrogens is 2. The third-order valence-electron chi connectivity index (χ3n) is 3.07. The van der Waals surface area contributed by atoms with Crippen molar-refractivity contribution in [2.24, 2.45) is 5.92 Å². The zero-order chi connectivity index (χ0) is 14.8. The van der Waals surface area contributed by atoms with Gasteiger partial charge in [-0.3, -0.25) is 0 Å². The molecule has 0 spiro atoms. The molecule has 0 aliphatic rings. The van der Waals surface area contributed by atoms with Crippen molar-refractivity contribution in [2.45, 2.75) is 39.5 Å². The van der Waals surface area contributed by atoms with E-state index in [4.69, 9.17) is 16.7 Å². The van der Waals surface area contributed by atoms with E-state index in [-0.39, 0.29) is 6.61 Å². The molecule has 0 aromatic carbocycles. The number of halogens is 1. The van der Waals surface area contributed by atoms with Gasteiger partial charge in [-0.25, -0.2) is 4.98 Å². The summed E-state index contributed by atoms with van der Waals surface area (Å²) >= 11 is 6.10. The largest absolute Gasteiger partial charge is 0.396 e. The van der Waals surface area contributed by atoms with E-state index < -0.39 is 0 Å². The van der Waals surface area contributed by atoms with Crippen molar-refractivity contribution in [2.75, 3.05) is 30.3 Å². The number of aliphatic hydroxyl groups is 1. The van der Waals surface area contributed by atoms with Gasteiger partial charge in [0.2, 0.25) is 5.95 Å². The molecule has 1 atom stereocenters. The van der Waals surface area contributed by atoms with Gasteiger partial charge in [0, 0.05) is 19.7 Å². The zero-order valence-electron chi connectivity index (χ0n) is 12.3. The number of aliphatic hydroxyl groups excluding tert-OH is 1. The highest BCUT2D eigenvalue weighted by Gasteiger charge is 2.10. The molecule has 1 heterocycles. The van der Waals surface area contributed by atoms with Gasteiger partial charge in [0.05, 0.1) is 6.20 Å². The Balaban J connectivity index is 2.60. The Hall–Kier alpha value is -1.07. The van der Waals surface area contributed by atoms with Crippen LogP contribution in [-0.2, 0) is 0 Å². The molecule has 0 radical (unpaired) electrons. The normalized spacial score (nSPS) is 12.2. The highest BCUT2D eigenvalue weighted by atomic mass is 35.5.